The molecule has 2 aromatic rings. The van der Waals surface area contributed by atoms with Gasteiger partial charge < -0.3 is 15.1 Å². The Balaban J connectivity index is 1.64. The molecule has 3 rings (SSSR count). The Bertz CT molecular complexity index is 725. The number of carbonyl (C=O) groups is 2. The number of anilines is 2. The maximum absolute atomic E-state index is 12.3. The molecular formula is C18H18BrN3O2. The van der Waals surface area contributed by atoms with Crippen LogP contribution in [0.3, 0.4) is 0 Å². The van der Waals surface area contributed by atoms with E-state index in [1.54, 1.807) is 11.0 Å². The molecule has 1 aliphatic rings. The third-order valence-corrected chi connectivity index (χ3v) is 4.76. The van der Waals surface area contributed by atoms with Crippen molar-refractivity contribution in [1.82, 2.24) is 4.90 Å². The lowest BCUT2D eigenvalue weighted by molar-refractivity contribution is -0.118. The zero-order valence-electron chi connectivity index (χ0n) is 13.1. The molecule has 1 fully saturated rings. The van der Waals surface area contributed by atoms with E-state index in [9.17, 15) is 9.59 Å². The highest BCUT2D eigenvalue weighted by Crippen LogP contribution is 2.21. The van der Waals surface area contributed by atoms with Gasteiger partial charge in [-0.2, -0.15) is 0 Å². The molecule has 0 atom stereocenters. The third-order valence-electron chi connectivity index (χ3n) is 4.07. The zero-order valence-corrected chi connectivity index (χ0v) is 14.7. The zero-order chi connectivity index (χ0) is 16.9. The molecule has 1 aliphatic heterocycles. The van der Waals surface area contributed by atoms with Gasteiger partial charge in [0.1, 0.15) is 0 Å². The minimum absolute atomic E-state index is 0.144. The maximum atomic E-state index is 12.3. The molecule has 6 heteroatoms. The number of halogens is 1. The quantitative estimate of drug-likeness (QED) is 0.820. The van der Waals surface area contributed by atoms with E-state index >= 15 is 0 Å². The molecule has 0 aliphatic carbocycles. The van der Waals surface area contributed by atoms with E-state index in [0.717, 1.165) is 48.4 Å². The summed E-state index contributed by atoms with van der Waals surface area (Å²) in [4.78, 5) is 27.1. The number of hydrogen-bond acceptors (Lipinski definition) is 3. The molecule has 2 amide bonds. The number of piperazine rings is 1. The van der Waals surface area contributed by atoms with E-state index in [1.165, 1.54) is 0 Å². The summed E-state index contributed by atoms with van der Waals surface area (Å²) in [5.74, 6) is -0.144. The van der Waals surface area contributed by atoms with Crippen molar-refractivity contribution < 1.29 is 9.59 Å². The van der Waals surface area contributed by atoms with Crippen LogP contribution in [-0.4, -0.2) is 43.4 Å². The Kier molecular flexibility index (Phi) is 5.15. The molecule has 5 nitrogen and oxygen atoms in total. The van der Waals surface area contributed by atoms with Gasteiger partial charge in [0.05, 0.1) is 5.56 Å². The first-order valence-electron chi connectivity index (χ1n) is 7.77. The Morgan fingerprint density at radius 3 is 2.29 bits per heavy atom. The topological polar surface area (TPSA) is 52.7 Å². The van der Waals surface area contributed by atoms with E-state index in [2.05, 4.69) is 26.1 Å². The van der Waals surface area contributed by atoms with Gasteiger partial charge in [-0.1, -0.05) is 12.1 Å². The molecule has 2 aromatic carbocycles. The van der Waals surface area contributed by atoms with Crippen LogP contribution in [0.2, 0.25) is 0 Å². The molecule has 0 aromatic heterocycles. The third kappa shape index (κ3) is 3.76. The number of nitrogens with zero attached hydrogens (tertiary/aromatic N) is 2. The SMILES string of the molecule is O=CN1CCN(c2ccc(NC(=O)c3ccccc3Br)cc2)CC1. The number of benzene rings is 2. The Morgan fingerprint density at radius 1 is 1.00 bits per heavy atom. The van der Waals surface area contributed by atoms with Crippen LogP contribution < -0.4 is 10.2 Å². The van der Waals surface area contributed by atoms with E-state index in [1.807, 2.05) is 42.5 Å². The smallest absolute Gasteiger partial charge is 0.256 e. The van der Waals surface area contributed by atoms with Crippen molar-refractivity contribution >= 4 is 39.6 Å². The summed E-state index contributed by atoms with van der Waals surface area (Å²) in [6, 6.07) is 15.1. The lowest BCUT2D eigenvalue weighted by Gasteiger charge is -2.34. The largest absolute Gasteiger partial charge is 0.368 e. The molecular weight excluding hydrogens is 370 g/mol. The van der Waals surface area contributed by atoms with Gasteiger partial charge in [0, 0.05) is 42.0 Å². The molecule has 1 saturated heterocycles. The van der Waals surface area contributed by atoms with Crippen molar-refractivity contribution in [2.45, 2.75) is 0 Å². The van der Waals surface area contributed by atoms with Gasteiger partial charge in [-0.15, -0.1) is 0 Å². The van der Waals surface area contributed by atoms with Crippen molar-refractivity contribution in [1.29, 1.82) is 0 Å². The predicted octanol–water partition coefficient (Wildman–Crippen LogP) is 2.98. The highest BCUT2D eigenvalue weighted by molar-refractivity contribution is 9.10. The maximum Gasteiger partial charge on any atom is 0.256 e. The predicted molar refractivity (Wildman–Crippen MR) is 98.4 cm³/mol. The van der Waals surface area contributed by atoms with Crippen LogP contribution in [0.5, 0.6) is 0 Å². The minimum Gasteiger partial charge on any atom is -0.368 e. The standard InChI is InChI=1S/C18H18BrN3O2/c19-17-4-2-1-3-16(17)18(24)20-14-5-7-15(8-6-14)22-11-9-21(13-23)10-12-22/h1-8,13H,9-12H2,(H,20,24). The van der Waals surface area contributed by atoms with Crippen LogP contribution in [0.25, 0.3) is 0 Å². The average Bonchev–Trinajstić information content (AvgIpc) is 2.63. The first-order chi connectivity index (χ1) is 11.7. The van der Waals surface area contributed by atoms with Gasteiger partial charge >= 0.3 is 0 Å². The summed E-state index contributed by atoms with van der Waals surface area (Å²) in [6.45, 7) is 3.12. The van der Waals surface area contributed by atoms with E-state index in [4.69, 9.17) is 0 Å². The number of hydrogen-bond donors (Lipinski definition) is 1. The molecule has 0 unspecified atom stereocenters. The van der Waals surface area contributed by atoms with Gasteiger partial charge in [-0.3, -0.25) is 9.59 Å². The number of rotatable bonds is 4. The van der Waals surface area contributed by atoms with Crippen molar-refractivity contribution in [2.75, 3.05) is 36.4 Å². The summed E-state index contributed by atoms with van der Waals surface area (Å²) < 4.78 is 0.771. The fourth-order valence-electron chi connectivity index (χ4n) is 2.68. The molecule has 0 saturated carbocycles. The number of carbonyl (C=O) groups excluding carboxylic acids is 2. The average molecular weight is 388 g/mol. The van der Waals surface area contributed by atoms with E-state index < -0.39 is 0 Å². The molecule has 1 heterocycles. The second-order valence-electron chi connectivity index (χ2n) is 5.61. The van der Waals surface area contributed by atoms with Gasteiger partial charge in [-0.05, 0) is 52.3 Å². The Hall–Kier alpha value is -2.34. The summed E-state index contributed by atoms with van der Waals surface area (Å²) in [5, 5.41) is 2.90. The van der Waals surface area contributed by atoms with E-state index in [-0.39, 0.29) is 5.91 Å². The molecule has 0 spiro atoms. The van der Waals surface area contributed by atoms with E-state index in [0.29, 0.717) is 5.56 Å². The second kappa shape index (κ2) is 7.49. The van der Waals surface area contributed by atoms with Crippen LogP contribution in [0.15, 0.2) is 53.0 Å². The Labute approximate surface area is 149 Å². The molecule has 0 bridgehead atoms. The molecule has 1 N–H and O–H groups in total. The van der Waals surface area contributed by atoms with Crippen LogP contribution in [0, 0.1) is 0 Å². The van der Waals surface area contributed by atoms with Gasteiger partial charge in [-0.25, -0.2) is 0 Å². The van der Waals surface area contributed by atoms with Crippen molar-refractivity contribution in [3.8, 4) is 0 Å². The van der Waals surface area contributed by atoms with Gasteiger partial charge in [0.15, 0.2) is 0 Å². The first kappa shape index (κ1) is 16.5. The van der Waals surface area contributed by atoms with Crippen molar-refractivity contribution in [2.24, 2.45) is 0 Å². The lowest BCUT2D eigenvalue weighted by Crippen LogP contribution is -2.45. The minimum atomic E-state index is -0.144. The summed E-state index contributed by atoms with van der Waals surface area (Å²) in [7, 11) is 0. The van der Waals surface area contributed by atoms with Crippen molar-refractivity contribution in [3.05, 3.63) is 58.6 Å². The molecule has 24 heavy (non-hydrogen) atoms. The van der Waals surface area contributed by atoms with Crippen LogP contribution in [0.4, 0.5) is 11.4 Å². The Morgan fingerprint density at radius 2 is 1.67 bits per heavy atom. The second-order valence-corrected chi connectivity index (χ2v) is 6.46. The normalized spacial score (nSPS) is 14.4. The number of amides is 2. The molecule has 124 valence electrons. The fourth-order valence-corrected chi connectivity index (χ4v) is 3.15. The highest BCUT2D eigenvalue weighted by Gasteiger charge is 2.16. The lowest BCUT2D eigenvalue weighted by atomic mass is 10.2. The highest BCUT2D eigenvalue weighted by atomic mass is 79.9. The van der Waals surface area contributed by atoms with Gasteiger partial charge in [0.2, 0.25) is 6.41 Å². The summed E-state index contributed by atoms with van der Waals surface area (Å²) >= 11 is 3.39. The van der Waals surface area contributed by atoms with Crippen LogP contribution in [-0.2, 0) is 4.79 Å². The van der Waals surface area contributed by atoms with Crippen LogP contribution in [0.1, 0.15) is 10.4 Å². The summed E-state index contributed by atoms with van der Waals surface area (Å²) in [6.07, 6.45) is 0.900. The first-order valence-corrected chi connectivity index (χ1v) is 8.57. The van der Waals surface area contributed by atoms with Crippen molar-refractivity contribution in [3.63, 3.8) is 0 Å². The summed E-state index contributed by atoms with van der Waals surface area (Å²) in [5.41, 5.74) is 2.46. The fraction of sp³-hybridized carbons (Fsp3) is 0.222. The number of nitrogens with one attached hydrogen (secondary N) is 1. The monoisotopic (exact) mass is 387 g/mol. The van der Waals surface area contributed by atoms with Crippen LogP contribution >= 0.6 is 15.9 Å². The molecule has 0 radical (unpaired) electrons. The van der Waals surface area contributed by atoms with Gasteiger partial charge in [0.25, 0.3) is 5.91 Å².